The van der Waals surface area contributed by atoms with Gasteiger partial charge in [0.15, 0.2) is 0 Å². The number of halogens is 3. The molecule has 0 atom stereocenters. The molecule has 0 saturated carbocycles. The molecule has 0 saturated heterocycles. The Morgan fingerprint density at radius 1 is 1.00 bits per heavy atom. The van der Waals surface area contributed by atoms with Crippen LogP contribution >= 0.6 is 0 Å². The summed E-state index contributed by atoms with van der Waals surface area (Å²) in [6, 6.07) is 0. The summed E-state index contributed by atoms with van der Waals surface area (Å²) in [7, 11) is -3.83. The van der Waals surface area contributed by atoms with Gasteiger partial charge in [0.2, 0.25) is 10.0 Å². The van der Waals surface area contributed by atoms with Gasteiger partial charge in [0.05, 0.1) is 12.2 Å². The van der Waals surface area contributed by atoms with E-state index in [4.69, 9.17) is 0 Å². The van der Waals surface area contributed by atoms with E-state index >= 15 is 0 Å². The zero-order valence-electron chi connectivity index (χ0n) is 12.0. The summed E-state index contributed by atoms with van der Waals surface area (Å²) in [5.74, 6) is -0.860. The number of rotatable bonds is 7. The van der Waals surface area contributed by atoms with Gasteiger partial charge in [-0.3, -0.25) is 0 Å². The van der Waals surface area contributed by atoms with Crippen molar-refractivity contribution in [1.82, 2.24) is 4.31 Å². The fourth-order valence-corrected chi connectivity index (χ4v) is 3.05. The SMILES string of the molecule is CCCN(CCC(C)(C)C)S(=O)(=O)CCC(F)(F)F. The van der Waals surface area contributed by atoms with Gasteiger partial charge in [-0.2, -0.15) is 13.2 Å². The Morgan fingerprint density at radius 2 is 1.53 bits per heavy atom. The molecular formula is C12H24F3NO2S. The van der Waals surface area contributed by atoms with Crippen LogP contribution in [0.2, 0.25) is 0 Å². The second kappa shape index (κ2) is 6.92. The molecule has 0 aliphatic carbocycles. The maximum Gasteiger partial charge on any atom is 0.390 e. The molecule has 7 heteroatoms. The summed E-state index contributed by atoms with van der Waals surface area (Å²) < 4.78 is 61.4. The lowest BCUT2D eigenvalue weighted by Crippen LogP contribution is -2.37. The van der Waals surface area contributed by atoms with E-state index < -0.39 is 28.4 Å². The molecular weight excluding hydrogens is 279 g/mol. The Labute approximate surface area is 114 Å². The van der Waals surface area contributed by atoms with E-state index in [9.17, 15) is 21.6 Å². The normalized spacial score (nSPS) is 14.1. The van der Waals surface area contributed by atoms with E-state index in [1.807, 2.05) is 27.7 Å². The zero-order valence-corrected chi connectivity index (χ0v) is 12.9. The highest BCUT2D eigenvalue weighted by atomic mass is 32.2. The standard InChI is InChI=1S/C12H24F3NO2S/c1-5-8-16(9-6-11(2,3)4)19(17,18)10-7-12(13,14)15/h5-10H2,1-4H3. The van der Waals surface area contributed by atoms with Crippen molar-refractivity contribution in [2.24, 2.45) is 5.41 Å². The third kappa shape index (κ3) is 9.27. The van der Waals surface area contributed by atoms with Crippen molar-refractivity contribution in [2.45, 2.75) is 53.1 Å². The molecule has 0 rings (SSSR count). The molecule has 0 aliphatic heterocycles. The lowest BCUT2D eigenvalue weighted by Gasteiger charge is -2.26. The Balaban J connectivity index is 4.67. The second-order valence-corrected chi connectivity index (χ2v) is 7.98. The Bertz CT molecular complexity index is 358. The number of sulfonamides is 1. The maximum atomic E-state index is 12.1. The molecule has 0 aromatic heterocycles. The van der Waals surface area contributed by atoms with Crippen molar-refractivity contribution in [3.05, 3.63) is 0 Å². The third-order valence-corrected chi connectivity index (χ3v) is 4.49. The lowest BCUT2D eigenvalue weighted by molar-refractivity contribution is -0.130. The monoisotopic (exact) mass is 303 g/mol. The number of nitrogens with zero attached hydrogens (tertiary/aromatic N) is 1. The number of alkyl halides is 3. The summed E-state index contributed by atoms with van der Waals surface area (Å²) >= 11 is 0. The van der Waals surface area contributed by atoms with Crippen LogP contribution in [0.5, 0.6) is 0 Å². The minimum atomic E-state index is -4.44. The summed E-state index contributed by atoms with van der Waals surface area (Å²) in [5.41, 5.74) is -0.0501. The van der Waals surface area contributed by atoms with Crippen LogP contribution < -0.4 is 0 Å². The molecule has 0 spiro atoms. The maximum absolute atomic E-state index is 12.1. The van der Waals surface area contributed by atoms with Crippen LogP contribution in [0.1, 0.15) is 47.0 Å². The van der Waals surface area contributed by atoms with Gasteiger partial charge >= 0.3 is 6.18 Å². The van der Waals surface area contributed by atoms with Gasteiger partial charge in [0.25, 0.3) is 0 Å². The minimum Gasteiger partial charge on any atom is -0.212 e. The van der Waals surface area contributed by atoms with Crippen LogP contribution in [0.15, 0.2) is 0 Å². The first-order valence-electron chi connectivity index (χ1n) is 6.42. The van der Waals surface area contributed by atoms with Crippen molar-refractivity contribution >= 4 is 10.0 Å². The Hall–Kier alpha value is -0.300. The lowest BCUT2D eigenvalue weighted by atomic mass is 9.92. The fraction of sp³-hybridized carbons (Fsp3) is 1.00. The summed E-state index contributed by atoms with van der Waals surface area (Å²) in [5, 5.41) is 0. The molecule has 0 unspecified atom stereocenters. The molecule has 0 aliphatic rings. The quantitative estimate of drug-likeness (QED) is 0.722. The molecule has 0 amide bonds. The molecule has 19 heavy (non-hydrogen) atoms. The highest BCUT2D eigenvalue weighted by Gasteiger charge is 2.32. The highest BCUT2D eigenvalue weighted by molar-refractivity contribution is 7.89. The Kier molecular flexibility index (Phi) is 6.82. The first-order chi connectivity index (χ1) is 8.37. The van der Waals surface area contributed by atoms with E-state index in [0.29, 0.717) is 12.8 Å². The molecule has 0 aromatic rings. The van der Waals surface area contributed by atoms with E-state index in [0.717, 1.165) is 0 Å². The van der Waals surface area contributed by atoms with Crippen molar-refractivity contribution in [2.75, 3.05) is 18.8 Å². The van der Waals surface area contributed by atoms with Gasteiger partial charge in [-0.25, -0.2) is 12.7 Å². The number of hydrogen-bond donors (Lipinski definition) is 0. The average Bonchev–Trinajstić information content (AvgIpc) is 2.19. The minimum absolute atomic E-state index is 0.0501. The molecule has 0 heterocycles. The fourth-order valence-electron chi connectivity index (χ4n) is 1.47. The first-order valence-corrected chi connectivity index (χ1v) is 8.03. The summed E-state index contributed by atoms with van der Waals surface area (Å²) in [6.45, 7) is 8.27. The van der Waals surface area contributed by atoms with Crippen LogP contribution in [0.4, 0.5) is 13.2 Å². The van der Waals surface area contributed by atoms with Gasteiger partial charge in [-0.1, -0.05) is 27.7 Å². The largest absolute Gasteiger partial charge is 0.390 e. The van der Waals surface area contributed by atoms with E-state index in [1.165, 1.54) is 4.31 Å². The first kappa shape index (κ1) is 18.7. The topological polar surface area (TPSA) is 37.4 Å². The molecule has 0 bridgehead atoms. The zero-order chi connectivity index (χ0) is 15.3. The molecule has 0 fully saturated rings. The summed E-state index contributed by atoms with van der Waals surface area (Å²) in [4.78, 5) is 0. The van der Waals surface area contributed by atoms with Crippen molar-refractivity contribution < 1.29 is 21.6 Å². The van der Waals surface area contributed by atoms with Crippen LogP contribution in [-0.4, -0.2) is 37.7 Å². The Morgan fingerprint density at radius 3 is 1.89 bits per heavy atom. The van der Waals surface area contributed by atoms with E-state index in [-0.39, 0.29) is 18.5 Å². The van der Waals surface area contributed by atoms with Crippen LogP contribution in [0, 0.1) is 5.41 Å². The molecule has 0 N–H and O–H groups in total. The molecule has 116 valence electrons. The van der Waals surface area contributed by atoms with Crippen LogP contribution in [0.3, 0.4) is 0 Å². The van der Waals surface area contributed by atoms with Gasteiger partial charge in [-0.05, 0) is 18.3 Å². The molecule has 3 nitrogen and oxygen atoms in total. The predicted octanol–water partition coefficient (Wildman–Crippen LogP) is 3.42. The highest BCUT2D eigenvalue weighted by Crippen LogP contribution is 2.23. The van der Waals surface area contributed by atoms with Gasteiger partial charge < -0.3 is 0 Å². The smallest absolute Gasteiger partial charge is 0.212 e. The van der Waals surface area contributed by atoms with Gasteiger partial charge in [0.1, 0.15) is 0 Å². The van der Waals surface area contributed by atoms with Crippen molar-refractivity contribution in [1.29, 1.82) is 0 Å². The predicted molar refractivity (Wildman–Crippen MR) is 70.4 cm³/mol. The molecule has 0 aromatic carbocycles. The van der Waals surface area contributed by atoms with Gasteiger partial charge in [0, 0.05) is 13.1 Å². The third-order valence-electron chi connectivity index (χ3n) is 2.62. The summed E-state index contributed by atoms with van der Waals surface area (Å²) in [6.07, 6.45) is -4.51. The average molecular weight is 303 g/mol. The molecule has 0 radical (unpaired) electrons. The van der Waals surface area contributed by atoms with E-state index in [1.54, 1.807) is 0 Å². The second-order valence-electron chi connectivity index (χ2n) is 5.89. The van der Waals surface area contributed by atoms with Gasteiger partial charge in [-0.15, -0.1) is 0 Å². The van der Waals surface area contributed by atoms with Crippen LogP contribution in [0.25, 0.3) is 0 Å². The van der Waals surface area contributed by atoms with Crippen molar-refractivity contribution in [3.63, 3.8) is 0 Å². The van der Waals surface area contributed by atoms with Crippen molar-refractivity contribution in [3.8, 4) is 0 Å². The van der Waals surface area contributed by atoms with E-state index in [2.05, 4.69) is 0 Å². The number of hydrogen-bond acceptors (Lipinski definition) is 2. The van der Waals surface area contributed by atoms with Crippen LogP contribution in [-0.2, 0) is 10.0 Å².